The summed E-state index contributed by atoms with van der Waals surface area (Å²) < 4.78 is 0. The molecular weight excluding hydrogens is 150 g/mol. The molecule has 0 fully saturated rings. The van der Waals surface area contributed by atoms with Crippen LogP contribution in [-0.2, 0) is 0 Å². The third-order valence-electron chi connectivity index (χ3n) is 2.12. The maximum absolute atomic E-state index is 3.21. The molecule has 0 aliphatic carbocycles. The summed E-state index contributed by atoms with van der Waals surface area (Å²) in [5.41, 5.74) is 2.50. The highest BCUT2D eigenvalue weighted by Gasteiger charge is 2.08. The molecule has 0 spiro atoms. The Hall–Kier alpha value is -0.700. The molecule has 0 aliphatic heterocycles. The minimum atomic E-state index is 0.373. The van der Waals surface area contributed by atoms with Crippen LogP contribution in [-0.4, -0.2) is 27.2 Å². The van der Waals surface area contributed by atoms with E-state index in [1.165, 1.54) is 11.4 Å². The molecule has 0 heterocycles. The fraction of sp³-hybridized carbons (Fsp3) is 0.778. The Bertz CT molecular complexity index is 146. The molecule has 0 aromatic heterocycles. The molecule has 0 aliphatic rings. The van der Waals surface area contributed by atoms with Crippen LogP contribution in [0.3, 0.4) is 0 Å². The summed E-state index contributed by atoms with van der Waals surface area (Å²) in [7, 11) is 5.87. The zero-order chi connectivity index (χ0) is 9.56. The maximum Gasteiger partial charge on any atom is 0.0466 e. The van der Waals surface area contributed by atoms with Gasteiger partial charge in [-0.05, 0) is 20.4 Å². The van der Waals surface area contributed by atoms with Crippen molar-refractivity contribution < 1.29 is 0 Å². The van der Waals surface area contributed by atoms with Crippen molar-refractivity contribution in [2.45, 2.75) is 26.3 Å². The molecule has 1 atom stereocenters. The summed E-state index contributed by atoms with van der Waals surface area (Å²) in [6.45, 7) is 4.28. The van der Waals surface area contributed by atoms with Crippen LogP contribution in [0.4, 0.5) is 0 Å². The minimum absolute atomic E-state index is 0.373. The molecule has 0 saturated heterocycles. The monoisotopic (exact) mass is 171 g/mol. The maximum atomic E-state index is 3.21. The predicted molar refractivity (Wildman–Crippen MR) is 54.0 cm³/mol. The lowest BCUT2D eigenvalue weighted by Gasteiger charge is -2.19. The van der Waals surface area contributed by atoms with E-state index < -0.39 is 0 Å². The van der Waals surface area contributed by atoms with Gasteiger partial charge in [-0.25, -0.2) is 0 Å². The van der Waals surface area contributed by atoms with E-state index >= 15 is 0 Å². The molecule has 3 N–H and O–H groups in total. The average Bonchev–Trinajstić information content (AvgIpc) is 2.12. The zero-order valence-electron chi connectivity index (χ0n) is 8.78. The molecule has 72 valence electrons. The number of allylic oxidation sites excluding steroid dienone is 1. The van der Waals surface area contributed by atoms with Gasteiger partial charge in [0.2, 0.25) is 0 Å². The Labute approximate surface area is 75.6 Å². The van der Waals surface area contributed by atoms with Gasteiger partial charge in [-0.15, -0.1) is 0 Å². The summed E-state index contributed by atoms with van der Waals surface area (Å²) >= 11 is 0. The Kier molecular flexibility index (Phi) is 5.54. The van der Waals surface area contributed by atoms with Gasteiger partial charge in [0.25, 0.3) is 0 Å². The van der Waals surface area contributed by atoms with Gasteiger partial charge >= 0.3 is 0 Å². The summed E-state index contributed by atoms with van der Waals surface area (Å²) in [5.74, 6) is 0. The number of hydrogen-bond acceptors (Lipinski definition) is 3. The van der Waals surface area contributed by atoms with Crippen molar-refractivity contribution in [1.82, 2.24) is 16.0 Å². The lowest BCUT2D eigenvalue weighted by Crippen LogP contribution is -2.33. The Morgan fingerprint density at radius 2 is 1.75 bits per heavy atom. The molecule has 0 amide bonds. The smallest absolute Gasteiger partial charge is 0.0466 e. The third kappa shape index (κ3) is 2.74. The van der Waals surface area contributed by atoms with E-state index in [4.69, 9.17) is 0 Å². The zero-order valence-corrected chi connectivity index (χ0v) is 8.78. The molecule has 0 aromatic rings. The molecule has 0 aromatic carbocycles. The molecule has 3 nitrogen and oxygen atoms in total. The van der Waals surface area contributed by atoms with Crippen LogP contribution < -0.4 is 16.0 Å². The van der Waals surface area contributed by atoms with Crippen molar-refractivity contribution in [3.8, 4) is 0 Å². The highest BCUT2D eigenvalue weighted by atomic mass is 15.0. The van der Waals surface area contributed by atoms with Crippen LogP contribution in [0.2, 0.25) is 0 Å². The van der Waals surface area contributed by atoms with Crippen LogP contribution in [0.1, 0.15) is 20.3 Å². The first-order valence-corrected chi connectivity index (χ1v) is 4.47. The lowest BCUT2D eigenvalue weighted by molar-refractivity contribution is 0.626. The largest absolute Gasteiger partial charge is 0.390 e. The first kappa shape index (κ1) is 11.3. The van der Waals surface area contributed by atoms with Gasteiger partial charge in [-0.2, -0.15) is 0 Å². The number of hydrogen-bond donors (Lipinski definition) is 3. The van der Waals surface area contributed by atoms with E-state index in [1.807, 2.05) is 21.1 Å². The van der Waals surface area contributed by atoms with Gasteiger partial charge < -0.3 is 16.0 Å². The second-order valence-corrected chi connectivity index (χ2v) is 2.76. The summed E-state index contributed by atoms with van der Waals surface area (Å²) in [5, 5.41) is 9.61. The SMILES string of the molecule is CC/C(NC)=C(/NC)C(C)NC. The van der Waals surface area contributed by atoms with E-state index in [0.29, 0.717) is 6.04 Å². The van der Waals surface area contributed by atoms with Crippen LogP contribution in [0.15, 0.2) is 11.4 Å². The van der Waals surface area contributed by atoms with E-state index in [1.54, 1.807) is 0 Å². The normalized spacial score (nSPS) is 15.1. The van der Waals surface area contributed by atoms with E-state index in [-0.39, 0.29) is 0 Å². The number of nitrogens with one attached hydrogen (secondary N) is 3. The van der Waals surface area contributed by atoms with Crippen LogP contribution in [0.5, 0.6) is 0 Å². The Morgan fingerprint density at radius 3 is 2.00 bits per heavy atom. The van der Waals surface area contributed by atoms with Crippen molar-refractivity contribution in [3.63, 3.8) is 0 Å². The standard InChI is InChI=1S/C9H21N3/c1-6-8(11-4)9(12-5)7(2)10-3/h7,10-12H,6H2,1-5H3/b9-8-. The molecule has 0 bridgehead atoms. The Balaban J connectivity index is 4.56. The van der Waals surface area contributed by atoms with Crippen molar-refractivity contribution in [1.29, 1.82) is 0 Å². The lowest BCUT2D eigenvalue weighted by atomic mass is 10.1. The fourth-order valence-electron chi connectivity index (χ4n) is 1.27. The number of likely N-dealkylation sites (N-methyl/N-ethyl adjacent to an activating group) is 2. The molecule has 12 heavy (non-hydrogen) atoms. The summed E-state index contributed by atoms with van der Waals surface area (Å²) in [4.78, 5) is 0. The molecule has 3 heteroatoms. The van der Waals surface area contributed by atoms with E-state index in [9.17, 15) is 0 Å². The van der Waals surface area contributed by atoms with Gasteiger partial charge in [0.1, 0.15) is 0 Å². The van der Waals surface area contributed by atoms with Gasteiger partial charge in [0.05, 0.1) is 0 Å². The number of rotatable bonds is 5. The first-order valence-electron chi connectivity index (χ1n) is 4.47. The van der Waals surface area contributed by atoms with Gasteiger partial charge in [0, 0.05) is 31.5 Å². The molecule has 0 saturated carbocycles. The highest BCUT2D eigenvalue weighted by molar-refractivity contribution is 5.15. The van der Waals surface area contributed by atoms with Crippen LogP contribution in [0, 0.1) is 0 Å². The van der Waals surface area contributed by atoms with Gasteiger partial charge in [0.15, 0.2) is 0 Å². The Morgan fingerprint density at radius 1 is 1.17 bits per heavy atom. The van der Waals surface area contributed by atoms with Gasteiger partial charge in [-0.1, -0.05) is 6.92 Å². The van der Waals surface area contributed by atoms with E-state index in [2.05, 4.69) is 29.8 Å². The fourth-order valence-corrected chi connectivity index (χ4v) is 1.27. The topological polar surface area (TPSA) is 36.1 Å². The van der Waals surface area contributed by atoms with Gasteiger partial charge in [-0.3, -0.25) is 0 Å². The van der Waals surface area contributed by atoms with Crippen LogP contribution in [0.25, 0.3) is 0 Å². The van der Waals surface area contributed by atoms with Crippen molar-refractivity contribution in [2.24, 2.45) is 0 Å². The molecule has 1 unspecified atom stereocenters. The molecule has 0 radical (unpaired) electrons. The van der Waals surface area contributed by atoms with E-state index in [0.717, 1.165) is 6.42 Å². The molecular formula is C9H21N3. The van der Waals surface area contributed by atoms with Crippen molar-refractivity contribution in [3.05, 3.63) is 11.4 Å². The quantitative estimate of drug-likeness (QED) is 0.568. The third-order valence-corrected chi connectivity index (χ3v) is 2.12. The summed E-state index contributed by atoms with van der Waals surface area (Å²) in [6, 6.07) is 0.373. The van der Waals surface area contributed by atoms with Crippen molar-refractivity contribution >= 4 is 0 Å². The summed E-state index contributed by atoms with van der Waals surface area (Å²) in [6.07, 6.45) is 1.03. The van der Waals surface area contributed by atoms with Crippen LogP contribution >= 0.6 is 0 Å². The first-order chi connectivity index (χ1) is 5.71. The molecule has 0 rings (SSSR count). The second-order valence-electron chi connectivity index (χ2n) is 2.76. The second kappa shape index (κ2) is 5.89. The average molecular weight is 171 g/mol. The minimum Gasteiger partial charge on any atom is -0.390 e. The predicted octanol–water partition coefficient (Wildman–Crippen LogP) is 0.655. The van der Waals surface area contributed by atoms with Crippen molar-refractivity contribution in [2.75, 3.05) is 21.1 Å². The highest BCUT2D eigenvalue weighted by Crippen LogP contribution is 2.05.